The van der Waals surface area contributed by atoms with E-state index in [0.29, 0.717) is 0 Å². The van der Waals surface area contributed by atoms with E-state index in [-0.39, 0.29) is 5.71 Å². The molecule has 0 aliphatic carbocycles. The van der Waals surface area contributed by atoms with E-state index in [4.69, 9.17) is 5.11 Å². The first-order valence-electron chi connectivity index (χ1n) is 3.60. The predicted octanol–water partition coefficient (Wildman–Crippen LogP) is 1.90. The molecule has 0 atom stereocenters. The molecule has 0 bridgehead atoms. The molecule has 0 aromatic heterocycles. The highest BCUT2D eigenvalue weighted by molar-refractivity contribution is 8.04. The van der Waals surface area contributed by atoms with Crippen LogP contribution in [-0.2, 0) is 4.79 Å². The number of carbonyl (C=O) groups is 1. The van der Waals surface area contributed by atoms with Gasteiger partial charge in [0.25, 0.3) is 0 Å². The number of aliphatic imine (C=N–C) groups is 1. The second-order valence-electron chi connectivity index (χ2n) is 3.15. The number of rotatable bonds is 1. The van der Waals surface area contributed by atoms with Crippen molar-refractivity contribution < 1.29 is 9.90 Å². The Hall–Kier alpha value is -0.770. The van der Waals surface area contributed by atoms with Crippen molar-refractivity contribution in [1.29, 1.82) is 0 Å². The lowest BCUT2D eigenvalue weighted by molar-refractivity contribution is -0.129. The smallest absolute Gasteiger partial charge is 0.351 e. The van der Waals surface area contributed by atoms with Crippen LogP contribution in [0.1, 0.15) is 20.8 Å². The molecule has 3 nitrogen and oxygen atoms in total. The zero-order chi connectivity index (χ0) is 9.35. The molecule has 4 heteroatoms. The van der Waals surface area contributed by atoms with E-state index < -0.39 is 10.7 Å². The molecule has 0 aromatic carbocycles. The van der Waals surface area contributed by atoms with Crippen molar-refractivity contribution in [3.63, 3.8) is 0 Å². The number of hydrogen-bond acceptors (Lipinski definition) is 3. The second kappa shape index (κ2) is 2.94. The van der Waals surface area contributed by atoms with Crippen molar-refractivity contribution in [3.05, 3.63) is 11.1 Å². The highest BCUT2D eigenvalue weighted by Crippen LogP contribution is 2.32. The molecule has 1 N–H and O–H groups in total. The van der Waals surface area contributed by atoms with Gasteiger partial charge in [-0.15, -0.1) is 11.8 Å². The topological polar surface area (TPSA) is 49.7 Å². The van der Waals surface area contributed by atoms with Crippen LogP contribution < -0.4 is 0 Å². The molecular formula is C8H11NO2S. The fourth-order valence-corrected chi connectivity index (χ4v) is 1.69. The van der Waals surface area contributed by atoms with Gasteiger partial charge in [0, 0.05) is 5.70 Å². The summed E-state index contributed by atoms with van der Waals surface area (Å²) in [6, 6.07) is 0. The summed E-state index contributed by atoms with van der Waals surface area (Å²) >= 11 is 1.49. The molecule has 1 aliphatic heterocycles. The van der Waals surface area contributed by atoms with E-state index in [1.54, 1.807) is 6.92 Å². The highest BCUT2D eigenvalue weighted by atomic mass is 32.2. The quantitative estimate of drug-likeness (QED) is 0.678. The van der Waals surface area contributed by atoms with Crippen LogP contribution in [0, 0.1) is 0 Å². The molecular weight excluding hydrogens is 174 g/mol. The standard InChI is InChI=1S/C8H11NO2S/c1-5-4-12-8(2,3)6(9-5)7(10)11/h4H,1-3H3,(H,10,11). The largest absolute Gasteiger partial charge is 0.477 e. The van der Waals surface area contributed by atoms with Gasteiger partial charge in [-0.1, -0.05) is 0 Å². The second-order valence-corrected chi connectivity index (χ2v) is 4.64. The Labute approximate surface area is 75.6 Å². The van der Waals surface area contributed by atoms with Crippen molar-refractivity contribution >= 4 is 23.4 Å². The number of hydrogen-bond donors (Lipinski definition) is 1. The first-order chi connectivity index (χ1) is 5.43. The van der Waals surface area contributed by atoms with Gasteiger partial charge in [-0.05, 0) is 26.2 Å². The zero-order valence-electron chi connectivity index (χ0n) is 7.29. The number of carboxylic acids is 1. The van der Waals surface area contributed by atoms with Gasteiger partial charge in [0.05, 0.1) is 4.75 Å². The van der Waals surface area contributed by atoms with Gasteiger partial charge in [0.2, 0.25) is 0 Å². The third-order valence-electron chi connectivity index (χ3n) is 1.59. The summed E-state index contributed by atoms with van der Waals surface area (Å²) in [4.78, 5) is 14.7. The summed E-state index contributed by atoms with van der Waals surface area (Å²) in [7, 11) is 0. The van der Waals surface area contributed by atoms with Crippen molar-refractivity contribution in [2.75, 3.05) is 0 Å². The molecule has 0 saturated heterocycles. The van der Waals surface area contributed by atoms with Crippen LogP contribution in [0.4, 0.5) is 0 Å². The van der Waals surface area contributed by atoms with Gasteiger partial charge in [0.1, 0.15) is 5.71 Å². The summed E-state index contributed by atoms with van der Waals surface area (Å²) in [5.74, 6) is -0.931. The van der Waals surface area contributed by atoms with Crippen LogP contribution in [0.15, 0.2) is 16.1 Å². The normalized spacial score (nSPS) is 21.2. The van der Waals surface area contributed by atoms with Crippen LogP contribution in [0.2, 0.25) is 0 Å². The molecule has 12 heavy (non-hydrogen) atoms. The lowest BCUT2D eigenvalue weighted by Crippen LogP contribution is -2.35. The van der Waals surface area contributed by atoms with Crippen LogP contribution >= 0.6 is 11.8 Å². The molecule has 0 amide bonds. The van der Waals surface area contributed by atoms with E-state index >= 15 is 0 Å². The molecule has 0 unspecified atom stereocenters. The summed E-state index contributed by atoms with van der Waals surface area (Å²) in [6.45, 7) is 5.51. The van der Waals surface area contributed by atoms with Gasteiger partial charge >= 0.3 is 5.97 Å². The monoisotopic (exact) mass is 185 g/mol. The van der Waals surface area contributed by atoms with Crippen LogP contribution in [0.25, 0.3) is 0 Å². The number of nitrogens with zero attached hydrogens (tertiary/aromatic N) is 1. The molecule has 1 rings (SSSR count). The molecule has 0 spiro atoms. The Kier molecular flexibility index (Phi) is 2.28. The molecule has 0 fully saturated rings. The molecule has 66 valence electrons. The van der Waals surface area contributed by atoms with Gasteiger partial charge in [-0.3, -0.25) is 0 Å². The van der Waals surface area contributed by atoms with Crippen molar-refractivity contribution in [2.45, 2.75) is 25.5 Å². The van der Waals surface area contributed by atoms with E-state index in [0.717, 1.165) is 5.70 Å². The Morgan fingerprint density at radius 1 is 1.67 bits per heavy atom. The minimum Gasteiger partial charge on any atom is -0.477 e. The number of thioether (sulfide) groups is 1. The van der Waals surface area contributed by atoms with E-state index in [9.17, 15) is 4.79 Å². The molecule has 0 saturated carbocycles. The fraction of sp³-hybridized carbons (Fsp3) is 0.500. The number of allylic oxidation sites excluding steroid dienone is 1. The van der Waals surface area contributed by atoms with Gasteiger partial charge in [0.15, 0.2) is 0 Å². The summed E-state index contributed by atoms with van der Waals surface area (Å²) in [5.41, 5.74) is 0.990. The lowest BCUT2D eigenvalue weighted by atomic mass is 10.1. The summed E-state index contributed by atoms with van der Waals surface area (Å²) < 4.78 is -0.411. The highest BCUT2D eigenvalue weighted by Gasteiger charge is 2.32. The average Bonchev–Trinajstić information content (AvgIpc) is 1.94. The maximum Gasteiger partial charge on any atom is 0.351 e. The van der Waals surface area contributed by atoms with Crippen LogP contribution in [-0.4, -0.2) is 21.5 Å². The summed E-state index contributed by atoms with van der Waals surface area (Å²) in [5, 5.41) is 10.7. The maximum absolute atomic E-state index is 10.7. The molecule has 0 radical (unpaired) electrons. The van der Waals surface area contributed by atoms with E-state index in [2.05, 4.69) is 4.99 Å². The Balaban J connectivity index is 3.05. The average molecular weight is 185 g/mol. The Morgan fingerprint density at radius 2 is 2.25 bits per heavy atom. The predicted molar refractivity (Wildman–Crippen MR) is 50.5 cm³/mol. The first-order valence-corrected chi connectivity index (χ1v) is 4.48. The van der Waals surface area contributed by atoms with Gasteiger partial charge in [-0.25, -0.2) is 9.79 Å². The number of aliphatic carboxylic acids is 1. The molecule has 1 aliphatic rings. The number of carboxylic acid groups (broad SMARTS) is 1. The van der Waals surface area contributed by atoms with Crippen LogP contribution in [0.3, 0.4) is 0 Å². The maximum atomic E-state index is 10.7. The Bertz CT molecular complexity index is 279. The molecule has 1 heterocycles. The SMILES string of the molecule is CC1=CSC(C)(C)C(C(=O)O)=N1. The lowest BCUT2D eigenvalue weighted by Gasteiger charge is -2.25. The zero-order valence-corrected chi connectivity index (χ0v) is 8.10. The van der Waals surface area contributed by atoms with E-state index in [1.165, 1.54) is 11.8 Å². The fourth-order valence-electron chi connectivity index (χ4n) is 0.931. The minimum atomic E-state index is -0.931. The third-order valence-corrected chi connectivity index (χ3v) is 2.83. The third kappa shape index (κ3) is 1.69. The van der Waals surface area contributed by atoms with Gasteiger partial charge in [-0.2, -0.15) is 0 Å². The summed E-state index contributed by atoms with van der Waals surface area (Å²) in [6.07, 6.45) is 0. The van der Waals surface area contributed by atoms with Crippen molar-refractivity contribution in [1.82, 2.24) is 0 Å². The molecule has 0 aromatic rings. The first kappa shape index (κ1) is 9.32. The Morgan fingerprint density at radius 3 is 2.67 bits per heavy atom. The minimum absolute atomic E-state index is 0.229. The van der Waals surface area contributed by atoms with Crippen molar-refractivity contribution in [2.24, 2.45) is 4.99 Å². The van der Waals surface area contributed by atoms with Gasteiger partial charge < -0.3 is 5.11 Å². The van der Waals surface area contributed by atoms with Crippen LogP contribution in [0.5, 0.6) is 0 Å². The van der Waals surface area contributed by atoms with E-state index in [1.807, 2.05) is 19.3 Å². The van der Waals surface area contributed by atoms with Crippen molar-refractivity contribution in [3.8, 4) is 0 Å².